The first-order valence-corrected chi connectivity index (χ1v) is 7.68. The number of hydrogen-bond donors (Lipinski definition) is 1. The summed E-state index contributed by atoms with van der Waals surface area (Å²) in [6.07, 6.45) is 1.37. The van der Waals surface area contributed by atoms with Crippen LogP contribution in [-0.4, -0.2) is 44.9 Å². The lowest BCUT2D eigenvalue weighted by atomic mass is 10.1. The molecular formula is C17H26N2O3. The van der Waals surface area contributed by atoms with E-state index in [1.54, 1.807) is 6.07 Å². The fourth-order valence-corrected chi connectivity index (χ4v) is 2.36. The molecule has 1 aliphatic heterocycles. The summed E-state index contributed by atoms with van der Waals surface area (Å²) >= 11 is 0. The van der Waals surface area contributed by atoms with Crippen LogP contribution in [0.15, 0.2) is 18.2 Å². The Morgan fingerprint density at radius 3 is 2.64 bits per heavy atom. The molecule has 0 amide bonds. The van der Waals surface area contributed by atoms with E-state index < -0.39 is 5.60 Å². The highest BCUT2D eigenvalue weighted by atomic mass is 16.6. The minimum atomic E-state index is -0.495. The predicted octanol–water partition coefficient (Wildman–Crippen LogP) is 2.91. The van der Waals surface area contributed by atoms with Crippen molar-refractivity contribution >= 4 is 17.3 Å². The molecule has 122 valence electrons. The molecule has 1 aromatic carbocycles. The van der Waals surface area contributed by atoms with Crippen LogP contribution in [0.5, 0.6) is 0 Å². The Hall–Kier alpha value is -1.75. The van der Waals surface area contributed by atoms with E-state index in [0.717, 1.165) is 30.9 Å². The monoisotopic (exact) mass is 306 g/mol. The van der Waals surface area contributed by atoms with E-state index in [1.807, 2.05) is 47.0 Å². The maximum Gasteiger partial charge on any atom is 0.338 e. The zero-order chi connectivity index (χ0) is 16.3. The summed E-state index contributed by atoms with van der Waals surface area (Å²) < 4.78 is 10.9. The third-order valence-electron chi connectivity index (χ3n) is 3.58. The highest BCUT2D eigenvalue weighted by Crippen LogP contribution is 2.28. The number of carbonyl (C=O) groups is 1. The molecule has 0 spiro atoms. The first-order valence-electron chi connectivity index (χ1n) is 7.68. The van der Waals surface area contributed by atoms with Gasteiger partial charge in [0, 0.05) is 27.2 Å². The van der Waals surface area contributed by atoms with Crippen LogP contribution in [-0.2, 0) is 9.47 Å². The Labute approximate surface area is 132 Å². The molecule has 1 aromatic rings. The van der Waals surface area contributed by atoms with Crippen LogP contribution in [0.4, 0.5) is 11.4 Å². The normalized spacial score (nSPS) is 17.6. The molecule has 1 saturated heterocycles. The highest BCUT2D eigenvalue weighted by molar-refractivity contribution is 5.92. The van der Waals surface area contributed by atoms with Gasteiger partial charge in [0.25, 0.3) is 0 Å². The molecule has 0 unspecified atom stereocenters. The van der Waals surface area contributed by atoms with Gasteiger partial charge in [0.15, 0.2) is 0 Å². The highest BCUT2D eigenvalue weighted by Gasteiger charge is 2.23. The summed E-state index contributed by atoms with van der Waals surface area (Å²) in [6, 6.07) is 5.57. The van der Waals surface area contributed by atoms with Crippen LogP contribution in [0, 0.1) is 0 Å². The van der Waals surface area contributed by atoms with Crippen molar-refractivity contribution in [3.63, 3.8) is 0 Å². The standard InChI is InChI=1S/C17H26N2O3/c1-17(2,3)22-16(20)12-6-7-14(18-4)15(10-12)19(5)11-13-8-9-21-13/h6-7,10,13,18H,8-9,11H2,1-5H3/t13-/m0/s1. The second-order valence-electron chi connectivity index (χ2n) is 6.65. The Balaban J connectivity index is 2.19. The third kappa shape index (κ3) is 4.13. The average Bonchev–Trinajstić information content (AvgIpc) is 2.40. The van der Waals surface area contributed by atoms with Crippen LogP contribution in [0.2, 0.25) is 0 Å². The molecule has 5 nitrogen and oxygen atoms in total. The number of rotatable bonds is 5. The van der Waals surface area contributed by atoms with Crippen molar-refractivity contribution in [3.8, 4) is 0 Å². The van der Waals surface area contributed by atoms with Crippen molar-refractivity contribution in [2.45, 2.75) is 38.9 Å². The molecule has 0 aromatic heterocycles. The second-order valence-corrected chi connectivity index (χ2v) is 6.65. The molecule has 1 N–H and O–H groups in total. The maximum absolute atomic E-state index is 12.2. The van der Waals surface area contributed by atoms with Crippen molar-refractivity contribution in [2.75, 3.05) is 37.5 Å². The van der Waals surface area contributed by atoms with Gasteiger partial charge in [0.1, 0.15) is 5.60 Å². The van der Waals surface area contributed by atoms with E-state index in [9.17, 15) is 4.79 Å². The van der Waals surface area contributed by atoms with Gasteiger partial charge in [0.2, 0.25) is 0 Å². The smallest absolute Gasteiger partial charge is 0.338 e. The molecule has 1 heterocycles. The van der Waals surface area contributed by atoms with Gasteiger partial charge in [-0.15, -0.1) is 0 Å². The second kappa shape index (κ2) is 6.57. The zero-order valence-corrected chi connectivity index (χ0v) is 14.1. The third-order valence-corrected chi connectivity index (χ3v) is 3.58. The van der Waals surface area contributed by atoms with E-state index >= 15 is 0 Å². The van der Waals surface area contributed by atoms with E-state index in [4.69, 9.17) is 9.47 Å². The van der Waals surface area contributed by atoms with Crippen molar-refractivity contribution in [2.24, 2.45) is 0 Å². The SMILES string of the molecule is CNc1ccc(C(=O)OC(C)(C)C)cc1N(C)C[C@@H]1CCO1. The van der Waals surface area contributed by atoms with Crippen molar-refractivity contribution in [1.29, 1.82) is 0 Å². The van der Waals surface area contributed by atoms with Crippen molar-refractivity contribution < 1.29 is 14.3 Å². The molecule has 5 heteroatoms. The number of esters is 1. The van der Waals surface area contributed by atoms with Crippen LogP contribution < -0.4 is 10.2 Å². The van der Waals surface area contributed by atoms with E-state index in [-0.39, 0.29) is 12.1 Å². The number of benzene rings is 1. The molecule has 1 atom stereocenters. The van der Waals surface area contributed by atoms with Gasteiger partial charge in [-0.25, -0.2) is 4.79 Å². The van der Waals surface area contributed by atoms with Crippen LogP contribution >= 0.6 is 0 Å². The van der Waals surface area contributed by atoms with Crippen LogP contribution in [0.1, 0.15) is 37.6 Å². The van der Waals surface area contributed by atoms with Gasteiger partial charge in [0.05, 0.1) is 23.0 Å². The molecule has 0 saturated carbocycles. The summed E-state index contributed by atoms with van der Waals surface area (Å²) in [4.78, 5) is 14.4. The summed E-state index contributed by atoms with van der Waals surface area (Å²) in [6.45, 7) is 7.26. The lowest BCUT2D eigenvalue weighted by Gasteiger charge is -2.32. The zero-order valence-electron chi connectivity index (χ0n) is 14.1. The minimum absolute atomic E-state index is 0.278. The largest absolute Gasteiger partial charge is 0.456 e. The average molecular weight is 306 g/mol. The lowest BCUT2D eigenvalue weighted by molar-refractivity contribution is -0.0439. The van der Waals surface area contributed by atoms with Gasteiger partial charge in [-0.2, -0.15) is 0 Å². The Morgan fingerprint density at radius 2 is 2.14 bits per heavy atom. The fraction of sp³-hybridized carbons (Fsp3) is 0.588. The first-order chi connectivity index (χ1) is 10.3. The number of nitrogens with zero attached hydrogens (tertiary/aromatic N) is 1. The van der Waals surface area contributed by atoms with E-state index in [2.05, 4.69) is 10.2 Å². The number of hydrogen-bond acceptors (Lipinski definition) is 5. The predicted molar refractivity (Wildman–Crippen MR) is 88.8 cm³/mol. The van der Waals surface area contributed by atoms with Crippen molar-refractivity contribution in [3.05, 3.63) is 23.8 Å². The number of nitrogens with one attached hydrogen (secondary N) is 1. The molecule has 0 aliphatic carbocycles. The first kappa shape index (κ1) is 16.6. The van der Waals surface area contributed by atoms with Crippen molar-refractivity contribution in [1.82, 2.24) is 0 Å². The lowest BCUT2D eigenvalue weighted by Crippen LogP contribution is -2.38. The van der Waals surface area contributed by atoms with E-state index in [0.29, 0.717) is 5.56 Å². The Kier molecular flexibility index (Phi) is 4.96. The number of likely N-dealkylation sites (N-methyl/N-ethyl adjacent to an activating group) is 1. The number of carbonyl (C=O) groups excluding carboxylic acids is 1. The molecule has 1 fully saturated rings. The number of ether oxygens (including phenoxy) is 2. The van der Waals surface area contributed by atoms with Gasteiger partial charge in [-0.05, 0) is 45.4 Å². The Bertz CT molecular complexity index is 533. The molecule has 1 aliphatic rings. The fourth-order valence-electron chi connectivity index (χ4n) is 2.36. The van der Waals surface area contributed by atoms with Crippen LogP contribution in [0.25, 0.3) is 0 Å². The summed E-state index contributed by atoms with van der Waals surface area (Å²) in [5, 5.41) is 3.17. The van der Waals surface area contributed by atoms with E-state index in [1.165, 1.54) is 0 Å². The maximum atomic E-state index is 12.2. The molecule has 22 heavy (non-hydrogen) atoms. The topological polar surface area (TPSA) is 50.8 Å². The number of anilines is 2. The molecule has 0 bridgehead atoms. The summed E-state index contributed by atoms with van der Waals surface area (Å²) in [5.41, 5.74) is 2.02. The minimum Gasteiger partial charge on any atom is -0.456 e. The van der Waals surface area contributed by atoms with Crippen LogP contribution in [0.3, 0.4) is 0 Å². The summed E-state index contributed by atoms with van der Waals surface area (Å²) in [5.74, 6) is -0.301. The molecular weight excluding hydrogens is 280 g/mol. The van der Waals surface area contributed by atoms with Gasteiger partial charge in [-0.1, -0.05) is 0 Å². The summed E-state index contributed by atoms with van der Waals surface area (Å²) in [7, 11) is 3.89. The quantitative estimate of drug-likeness (QED) is 0.848. The van der Waals surface area contributed by atoms with Gasteiger partial charge < -0.3 is 19.7 Å². The van der Waals surface area contributed by atoms with Gasteiger partial charge >= 0.3 is 5.97 Å². The van der Waals surface area contributed by atoms with Gasteiger partial charge in [-0.3, -0.25) is 0 Å². The Morgan fingerprint density at radius 1 is 1.45 bits per heavy atom. The molecule has 2 rings (SSSR count). The molecule has 0 radical (unpaired) electrons.